The summed E-state index contributed by atoms with van der Waals surface area (Å²) in [7, 11) is 4.12. The molecule has 158 valence electrons. The second-order valence-corrected chi connectivity index (χ2v) is 8.77. The fraction of sp³-hybridized carbons (Fsp3) is 0.375. The third-order valence-corrected chi connectivity index (χ3v) is 6.23. The Labute approximate surface area is 183 Å². The van der Waals surface area contributed by atoms with Crippen LogP contribution in [0.15, 0.2) is 53.7 Å². The number of hydrogen-bond donors (Lipinski definition) is 0. The molecule has 3 rings (SSSR count). The molecule has 6 heteroatoms. The van der Waals surface area contributed by atoms with Crippen molar-refractivity contribution in [3.8, 4) is 0 Å². The van der Waals surface area contributed by atoms with Crippen LogP contribution in [0.5, 0.6) is 0 Å². The van der Waals surface area contributed by atoms with Gasteiger partial charge >= 0.3 is 0 Å². The zero-order valence-electron chi connectivity index (χ0n) is 18.4. The highest BCUT2D eigenvalue weighted by molar-refractivity contribution is 7.99. The van der Waals surface area contributed by atoms with Gasteiger partial charge in [-0.25, -0.2) is 0 Å². The van der Waals surface area contributed by atoms with Crippen LogP contribution in [0, 0.1) is 13.8 Å². The maximum Gasteiger partial charge on any atom is 0.192 e. The van der Waals surface area contributed by atoms with Gasteiger partial charge in [0.15, 0.2) is 16.8 Å². The molecule has 0 aliphatic rings. The molecule has 1 aromatic heterocycles. The van der Waals surface area contributed by atoms with Crippen LogP contribution in [0.1, 0.15) is 52.3 Å². The summed E-state index contributed by atoms with van der Waals surface area (Å²) in [6.45, 7) is 6.84. The van der Waals surface area contributed by atoms with Gasteiger partial charge in [-0.2, -0.15) is 0 Å². The average molecular weight is 423 g/mol. The molecule has 0 spiro atoms. The number of ketones is 1. The fourth-order valence-electron chi connectivity index (χ4n) is 3.59. The first-order chi connectivity index (χ1) is 14.4. The van der Waals surface area contributed by atoms with E-state index >= 15 is 0 Å². The predicted molar refractivity (Wildman–Crippen MR) is 123 cm³/mol. The van der Waals surface area contributed by atoms with Crippen molar-refractivity contribution in [1.82, 2.24) is 19.7 Å². The molecule has 0 saturated carbocycles. The van der Waals surface area contributed by atoms with E-state index in [-0.39, 0.29) is 11.8 Å². The van der Waals surface area contributed by atoms with Gasteiger partial charge in [-0.15, -0.1) is 10.2 Å². The summed E-state index contributed by atoms with van der Waals surface area (Å²) >= 11 is 1.47. The summed E-state index contributed by atoms with van der Waals surface area (Å²) in [6.07, 6.45) is 0.937. The smallest absolute Gasteiger partial charge is 0.192 e. The molecule has 5 nitrogen and oxygen atoms in total. The summed E-state index contributed by atoms with van der Waals surface area (Å²) in [5, 5.41) is 9.78. The number of rotatable bonds is 9. The predicted octanol–water partition coefficient (Wildman–Crippen LogP) is 4.93. The SMILES string of the molecule is CC[C@@H](c1nnc(SCC(=O)c2cc(C)ccc2C)n1Cc1ccccc1)N(C)C. The van der Waals surface area contributed by atoms with Crippen LogP contribution in [0.4, 0.5) is 0 Å². The van der Waals surface area contributed by atoms with Crippen LogP contribution in [0.2, 0.25) is 0 Å². The molecule has 0 unspecified atom stereocenters. The Morgan fingerprint density at radius 3 is 2.50 bits per heavy atom. The highest BCUT2D eigenvalue weighted by Gasteiger charge is 2.23. The van der Waals surface area contributed by atoms with Gasteiger partial charge in [0.25, 0.3) is 0 Å². The van der Waals surface area contributed by atoms with E-state index in [9.17, 15) is 4.79 Å². The summed E-state index contributed by atoms with van der Waals surface area (Å²) in [5.41, 5.74) is 4.09. The molecule has 0 aliphatic heterocycles. The summed E-state index contributed by atoms with van der Waals surface area (Å²) < 4.78 is 2.16. The molecule has 0 fully saturated rings. The Morgan fingerprint density at radius 2 is 1.83 bits per heavy atom. The number of carbonyl (C=O) groups excluding carboxylic acids is 1. The Hall–Kier alpha value is -2.44. The molecular weight excluding hydrogens is 392 g/mol. The van der Waals surface area contributed by atoms with Gasteiger partial charge in [0, 0.05) is 5.56 Å². The van der Waals surface area contributed by atoms with E-state index in [1.165, 1.54) is 17.3 Å². The first kappa shape index (κ1) is 22.2. The molecule has 0 saturated heterocycles. The van der Waals surface area contributed by atoms with Gasteiger partial charge in [-0.3, -0.25) is 9.69 Å². The maximum absolute atomic E-state index is 12.9. The Kier molecular flexibility index (Phi) is 7.45. The molecule has 30 heavy (non-hydrogen) atoms. The van der Waals surface area contributed by atoms with E-state index in [0.717, 1.165) is 34.1 Å². The van der Waals surface area contributed by atoms with Crippen molar-refractivity contribution in [3.05, 3.63) is 76.6 Å². The highest BCUT2D eigenvalue weighted by Crippen LogP contribution is 2.27. The second-order valence-electron chi connectivity index (χ2n) is 7.83. The molecule has 0 N–H and O–H groups in total. The van der Waals surface area contributed by atoms with E-state index in [1.807, 2.05) is 50.2 Å². The van der Waals surface area contributed by atoms with Gasteiger partial charge in [-0.1, -0.05) is 66.7 Å². The van der Waals surface area contributed by atoms with Gasteiger partial charge in [-0.05, 0) is 51.6 Å². The molecule has 3 aromatic rings. The van der Waals surface area contributed by atoms with Crippen molar-refractivity contribution in [2.45, 2.75) is 44.9 Å². The minimum atomic E-state index is 0.122. The topological polar surface area (TPSA) is 51.0 Å². The minimum Gasteiger partial charge on any atom is -0.300 e. The van der Waals surface area contributed by atoms with Crippen molar-refractivity contribution in [2.24, 2.45) is 0 Å². The van der Waals surface area contributed by atoms with Gasteiger partial charge in [0.05, 0.1) is 18.3 Å². The maximum atomic E-state index is 12.9. The lowest BCUT2D eigenvalue weighted by Crippen LogP contribution is -2.23. The molecule has 0 amide bonds. The van der Waals surface area contributed by atoms with Crippen LogP contribution in [-0.4, -0.2) is 45.3 Å². The molecule has 0 radical (unpaired) electrons. The van der Waals surface area contributed by atoms with Gasteiger partial charge in [0.2, 0.25) is 0 Å². The lowest BCUT2D eigenvalue weighted by Gasteiger charge is -2.23. The Morgan fingerprint density at radius 1 is 1.10 bits per heavy atom. The van der Waals surface area contributed by atoms with E-state index in [1.54, 1.807) is 0 Å². The molecule has 1 heterocycles. The van der Waals surface area contributed by atoms with E-state index in [0.29, 0.717) is 12.3 Å². The number of thioether (sulfide) groups is 1. The normalized spacial score (nSPS) is 12.3. The number of aromatic nitrogens is 3. The largest absolute Gasteiger partial charge is 0.300 e. The zero-order chi connectivity index (χ0) is 21.7. The molecule has 0 bridgehead atoms. The number of carbonyl (C=O) groups is 1. The van der Waals surface area contributed by atoms with Crippen LogP contribution in [0.3, 0.4) is 0 Å². The average Bonchev–Trinajstić information content (AvgIpc) is 3.11. The number of aryl methyl sites for hydroxylation is 2. The van der Waals surface area contributed by atoms with Crippen LogP contribution >= 0.6 is 11.8 Å². The van der Waals surface area contributed by atoms with Crippen molar-refractivity contribution in [3.63, 3.8) is 0 Å². The van der Waals surface area contributed by atoms with E-state index in [4.69, 9.17) is 0 Å². The lowest BCUT2D eigenvalue weighted by molar-refractivity contribution is 0.102. The van der Waals surface area contributed by atoms with Gasteiger partial charge < -0.3 is 4.57 Å². The minimum absolute atomic E-state index is 0.122. The fourth-order valence-corrected chi connectivity index (χ4v) is 4.42. The summed E-state index contributed by atoms with van der Waals surface area (Å²) in [6, 6.07) is 16.5. The first-order valence-electron chi connectivity index (χ1n) is 10.3. The van der Waals surface area contributed by atoms with E-state index < -0.39 is 0 Å². The molecule has 0 aliphatic carbocycles. The first-order valence-corrected chi connectivity index (χ1v) is 11.3. The van der Waals surface area contributed by atoms with Crippen molar-refractivity contribution < 1.29 is 4.79 Å². The Bertz CT molecular complexity index is 998. The zero-order valence-corrected chi connectivity index (χ0v) is 19.2. The highest BCUT2D eigenvalue weighted by atomic mass is 32.2. The Balaban J connectivity index is 1.87. The van der Waals surface area contributed by atoms with Crippen molar-refractivity contribution in [1.29, 1.82) is 0 Å². The van der Waals surface area contributed by atoms with Crippen LogP contribution in [0.25, 0.3) is 0 Å². The monoisotopic (exact) mass is 422 g/mol. The lowest BCUT2D eigenvalue weighted by atomic mass is 10.0. The van der Waals surface area contributed by atoms with Crippen LogP contribution in [-0.2, 0) is 6.54 Å². The third-order valence-electron chi connectivity index (χ3n) is 5.26. The molecule has 2 aromatic carbocycles. The second kappa shape index (κ2) is 10.0. The molecule has 1 atom stereocenters. The quantitative estimate of drug-likeness (QED) is 0.361. The standard InChI is InChI=1S/C24H30N4OS/c1-6-21(27(4)5)23-25-26-24(28(23)15-19-10-8-7-9-11-19)30-16-22(29)20-14-17(2)12-13-18(20)3/h7-14,21H,6,15-16H2,1-5H3/t21-/m0/s1. The third kappa shape index (κ3) is 5.18. The van der Waals surface area contributed by atoms with Crippen molar-refractivity contribution >= 4 is 17.5 Å². The van der Waals surface area contributed by atoms with Crippen LogP contribution < -0.4 is 0 Å². The van der Waals surface area contributed by atoms with Gasteiger partial charge in [0.1, 0.15) is 0 Å². The number of nitrogens with zero attached hydrogens (tertiary/aromatic N) is 4. The summed E-state index contributed by atoms with van der Waals surface area (Å²) in [5.74, 6) is 1.40. The summed E-state index contributed by atoms with van der Waals surface area (Å²) in [4.78, 5) is 15.0. The van der Waals surface area contributed by atoms with Crippen molar-refractivity contribution in [2.75, 3.05) is 19.8 Å². The number of benzene rings is 2. The number of Topliss-reactive ketones (excluding diaryl/α,β-unsaturated/α-hetero) is 1. The molecular formula is C24H30N4OS. The van der Waals surface area contributed by atoms with E-state index in [2.05, 4.69) is 52.8 Å². The number of hydrogen-bond acceptors (Lipinski definition) is 5.